The van der Waals surface area contributed by atoms with Gasteiger partial charge in [0.25, 0.3) is 0 Å². The first-order valence-electron chi connectivity index (χ1n) is 8.89. The molecular weight excluding hydrogens is 298 g/mol. The quantitative estimate of drug-likeness (QED) is 0.723. The lowest BCUT2D eigenvalue weighted by atomic mass is 10.0. The van der Waals surface area contributed by atoms with Crippen molar-refractivity contribution in [3.63, 3.8) is 0 Å². The summed E-state index contributed by atoms with van der Waals surface area (Å²) in [6, 6.07) is 6.55. The third-order valence-electron chi connectivity index (χ3n) is 5.16. The van der Waals surface area contributed by atoms with Crippen LogP contribution in [0, 0.1) is 13.8 Å². The third kappa shape index (κ3) is 2.92. The lowest BCUT2D eigenvalue weighted by molar-refractivity contribution is 0.0990. The van der Waals surface area contributed by atoms with Crippen molar-refractivity contribution in [3.8, 4) is 0 Å². The number of likely N-dealkylation sites (tertiary alicyclic amines) is 1. The van der Waals surface area contributed by atoms with Crippen LogP contribution in [0.5, 0.6) is 0 Å². The fraction of sp³-hybridized carbons (Fsp3) is 0.450. The minimum absolute atomic E-state index is 0.683. The summed E-state index contributed by atoms with van der Waals surface area (Å²) >= 11 is 0. The molecule has 0 bridgehead atoms. The summed E-state index contributed by atoms with van der Waals surface area (Å²) in [6.45, 7) is 9.25. The van der Waals surface area contributed by atoms with Crippen LogP contribution >= 0.6 is 0 Å². The SMILES string of the molecule is Cc1cc2c(cc1COCCN1CCCC1)[nH]c1ccnc(C)c12. The van der Waals surface area contributed by atoms with Gasteiger partial charge in [0.05, 0.1) is 13.2 Å². The Labute approximate surface area is 142 Å². The van der Waals surface area contributed by atoms with E-state index in [0.717, 1.165) is 24.4 Å². The molecule has 0 unspecified atom stereocenters. The zero-order chi connectivity index (χ0) is 16.5. The van der Waals surface area contributed by atoms with E-state index in [1.165, 1.54) is 53.3 Å². The first-order chi connectivity index (χ1) is 11.7. The Morgan fingerprint density at radius 2 is 2.00 bits per heavy atom. The van der Waals surface area contributed by atoms with Gasteiger partial charge in [-0.25, -0.2) is 0 Å². The second-order valence-corrected chi connectivity index (χ2v) is 6.87. The lowest BCUT2D eigenvalue weighted by Crippen LogP contribution is -2.23. The molecule has 0 saturated carbocycles. The van der Waals surface area contributed by atoms with E-state index in [-0.39, 0.29) is 0 Å². The Balaban J connectivity index is 1.52. The molecular formula is C20H25N3O. The Kier molecular flexibility index (Phi) is 4.25. The monoisotopic (exact) mass is 323 g/mol. The summed E-state index contributed by atoms with van der Waals surface area (Å²) in [4.78, 5) is 10.4. The van der Waals surface area contributed by atoms with Crippen LogP contribution in [0.3, 0.4) is 0 Å². The average molecular weight is 323 g/mol. The minimum Gasteiger partial charge on any atom is -0.375 e. The number of aromatic nitrogens is 2. The van der Waals surface area contributed by atoms with E-state index < -0.39 is 0 Å². The summed E-state index contributed by atoms with van der Waals surface area (Å²) in [5.74, 6) is 0. The van der Waals surface area contributed by atoms with E-state index >= 15 is 0 Å². The molecule has 0 atom stereocenters. The number of aryl methyl sites for hydroxylation is 2. The van der Waals surface area contributed by atoms with Gasteiger partial charge in [-0.1, -0.05) is 0 Å². The Hall–Kier alpha value is -1.91. The molecule has 3 heterocycles. The molecule has 3 aromatic rings. The van der Waals surface area contributed by atoms with Crippen molar-refractivity contribution in [1.82, 2.24) is 14.9 Å². The second-order valence-electron chi connectivity index (χ2n) is 6.87. The van der Waals surface area contributed by atoms with E-state index in [2.05, 4.69) is 40.8 Å². The molecule has 0 amide bonds. The van der Waals surface area contributed by atoms with Gasteiger partial charge in [-0.05, 0) is 69.1 Å². The summed E-state index contributed by atoms with van der Waals surface area (Å²) in [6.07, 6.45) is 4.54. The Bertz CT molecular complexity index is 862. The van der Waals surface area contributed by atoms with Gasteiger partial charge >= 0.3 is 0 Å². The van der Waals surface area contributed by atoms with Crippen LogP contribution in [0.2, 0.25) is 0 Å². The largest absolute Gasteiger partial charge is 0.375 e. The van der Waals surface area contributed by atoms with Crippen LogP contribution in [0.1, 0.15) is 29.7 Å². The molecule has 126 valence electrons. The van der Waals surface area contributed by atoms with Crippen LogP contribution in [0.4, 0.5) is 0 Å². The molecule has 0 spiro atoms. The van der Waals surface area contributed by atoms with Crippen LogP contribution in [0.25, 0.3) is 21.8 Å². The van der Waals surface area contributed by atoms with Crippen LogP contribution in [-0.2, 0) is 11.3 Å². The molecule has 4 nitrogen and oxygen atoms in total. The number of pyridine rings is 1. The maximum Gasteiger partial charge on any atom is 0.0720 e. The summed E-state index contributed by atoms with van der Waals surface area (Å²) in [5, 5.41) is 2.49. The smallest absolute Gasteiger partial charge is 0.0720 e. The number of hydrogen-bond donors (Lipinski definition) is 1. The predicted octanol–water partition coefficient (Wildman–Crippen LogP) is 3.95. The normalized spacial score (nSPS) is 15.8. The standard InChI is InChI=1S/C20H25N3O/c1-14-11-17-19(22-18-5-6-21-15(2)20(17)18)12-16(14)13-24-10-9-23-7-3-4-8-23/h5-6,11-12,22H,3-4,7-10,13H2,1-2H3. The van der Waals surface area contributed by atoms with E-state index in [1.54, 1.807) is 0 Å². The molecule has 1 fully saturated rings. The maximum atomic E-state index is 5.94. The minimum atomic E-state index is 0.683. The summed E-state index contributed by atoms with van der Waals surface area (Å²) in [7, 11) is 0. The zero-order valence-corrected chi connectivity index (χ0v) is 14.6. The van der Waals surface area contributed by atoms with Gasteiger partial charge in [-0.3, -0.25) is 4.98 Å². The highest BCUT2D eigenvalue weighted by molar-refractivity contribution is 6.08. The highest BCUT2D eigenvalue weighted by Gasteiger charge is 2.12. The lowest BCUT2D eigenvalue weighted by Gasteiger charge is -2.14. The number of fused-ring (bicyclic) bond motifs is 3. The van der Waals surface area contributed by atoms with Crippen molar-refractivity contribution in [1.29, 1.82) is 0 Å². The Morgan fingerprint density at radius 1 is 1.17 bits per heavy atom. The van der Waals surface area contributed by atoms with Crippen molar-refractivity contribution < 1.29 is 4.74 Å². The molecule has 2 aromatic heterocycles. The van der Waals surface area contributed by atoms with Crippen molar-refractivity contribution in [2.24, 2.45) is 0 Å². The molecule has 0 radical (unpaired) electrons. The van der Waals surface area contributed by atoms with Crippen LogP contribution < -0.4 is 0 Å². The van der Waals surface area contributed by atoms with E-state index in [9.17, 15) is 0 Å². The number of benzene rings is 1. The molecule has 0 aliphatic carbocycles. The first-order valence-corrected chi connectivity index (χ1v) is 8.89. The number of H-pyrrole nitrogens is 1. The highest BCUT2D eigenvalue weighted by Crippen LogP contribution is 2.29. The van der Waals surface area contributed by atoms with Gasteiger partial charge in [-0.15, -0.1) is 0 Å². The number of nitrogens with zero attached hydrogens (tertiary/aromatic N) is 2. The molecule has 4 rings (SSSR count). The summed E-state index contributed by atoms with van der Waals surface area (Å²) < 4.78 is 5.94. The van der Waals surface area contributed by atoms with Crippen molar-refractivity contribution in [2.45, 2.75) is 33.3 Å². The van der Waals surface area contributed by atoms with E-state index in [1.807, 2.05) is 12.3 Å². The summed E-state index contributed by atoms with van der Waals surface area (Å²) in [5.41, 5.74) is 5.95. The topological polar surface area (TPSA) is 41.1 Å². The molecule has 4 heteroatoms. The zero-order valence-electron chi connectivity index (χ0n) is 14.6. The number of nitrogens with one attached hydrogen (secondary N) is 1. The first kappa shape index (κ1) is 15.6. The van der Waals surface area contributed by atoms with Gasteiger partial charge in [0, 0.05) is 40.2 Å². The predicted molar refractivity (Wildman–Crippen MR) is 98.4 cm³/mol. The maximum absolute atomic E-state index is 5.94. The van der Waals surface area contributed by atoms with Gasteiger partial charge in [0.15, 0.2) is 0 Å². The average Bonchev–Trinajstić information content (AvgIpc) is 3.19. The molecule has 1 aliphatic heterocycles. The molecule has 1 saturated heterocycles. The molecule has 1 aliphatic rings. The van der Waals surface area contributed by atoms with Gasteiger partial charge in [0.2, 0.25) is 0 Å². The van der Waals surface area contributed by atoms with E-state index in [0.29, 0.717) is 6.61 Å². The molecule has 1 N–H and O–H groups in total. The number of hydrogen-bond acceptors (Lipinski definition) is 3. The van der Waals surface area contributed by atoms with Gasteiger partial charge in [0.1, 0.15) is 0 Å². The van der Waals surface area contributed by atoms with Crippen molar-refractivity contribution in [3.05, 3.63) is 41.2 Å². The van der Waals surface area contributed by atoms with E-state index in [4.69, 9.17) is 4.74 Å². The molecule has 24 heavy (non-hydrogen) atoms. The molecule has 1 aromatic carbocycles. The number of aromatic amines is 1. The fourth-order valence-electron chi connectivity index (χ4n) is 3.76. The van der Waals surface area contributed by atoms with Crippen LogP contribution in [-0.4, -0.2) is 41.1 Å². The Morgan fingerprint density at radius 3 is 2.83 bits per heavy atom. The van der Waals surface area contributed by atoms with Gasteiger partial charge < -0.3 is 14.6 Å². The van der Waals surface area contributed by atoms with Crippen molar-refractivity contribution in [2.75, 3.05) is 26.2 Å². The second kappa shape index (κ2) is 6.54. The number of rotatable bonds is 5. The highest BCUT2D eigenvalue weighted by atomic mass is 16.5. The van der Waals surface area contributed by atoms with Gasteiger partial charge in [-0.2, -0.15) is 0 Å². The fourth-order valence-corrected chi connectivity index (χ4v) is 3.76. The van der Waals surface area contributed by atoms with Crippen LogP contribution in [0.15, 0.2) is 24.4 Å². The number of ether oxygens (including phenoxy) is 1. The third-order valence-corrected chi connectivity index (χ3v) is 5.16. The van der Waals surface area contributed by atoms with Crippen molar-refractivity contribution >= 4 is 21.8 Å².